The van der Waals surface area contributed by atoms with Crippen LogP contribution in [0, 0.1) is 12.7 Å². The number of hydrogen-bond donors (Lipinski definition) is 0. The van der Waals surface area contributed by atoms with Gasteiger partial charge in [-0.25, -0.2) is 19.3 Å². The van der Waals surface area contributed by atoms with Crippen molar-refractivity contribution in [3.8, 4) is 5.95 Å². The number of hydrogen-bond acceptors (Lipinski definition) is 3. The molecule has 3 aromatic rings. The van der Waals surface area contributed by atoms with Gasteiger partial charge in [0.1, 0.15) is 12.1 Å². The first-order valence-corrected chi connectivity index (χ1v) is 8.78. The number of aryl methyl sites for hydroxylation is 3. The van der Waals surface area contributed by atoms with Crippen molar-refractivity contribution in [2.24, 2.45) is 0 Å². The molecule has 0 spiro atoms. The molecule has 0 aliphatic heterocycles. The van der Waals surface area contributed by atoms with Gasteiger partial charge in [0.15, 0.2) is 0 Å². The molecule has 0 atom stereocenters. The van der Waals surface area contributed by atoms with Crippen molar-refractivity contribution in [2.45, 2.75) is 45.4 Å². The van der Waals surface area contributed by atoms with Crippen molar-refractivity contribution in [1.82, 2.24) is 19.5 Å². The molecule has 2 heterocycles. The summed E-state index contributed by atoms with van der Waals surface area (Å²) in [5.41, 5.74) is 3.09. The molecule has 2 aromatic heterocycles. The van der Waals surface area contributed by atoms with E-state index in [1.165, 1.54) is 6.07 Å². The van der Waals surface area contributed by atoms with E-state index in [2.05, 4.69) is 15.0 Å². The quantitative estimate of drug-likeness (QED) is 0.570. The standard InChI is InChI=1S/C20H23FN4/c1-16-14-25(15-23-16)20-22-12-11-19(24-20)10-5-3-2-4-7-17-8-6-9-18(21)13-17/h6,8-9,11-15H,2-5,7,10H2,1H3. The third-order valence-electron chi connectivity index (χ3n) is 4.18. The molecule has 3 rings (SSSR count). The van der Waals surface area contributed by atoms with Gasteiger partial charge >= 0.3 is 0 Å². The zero-order valence-corrected chi connectivity index (χ0v) is 14.5. The molecular formula is C20H23FN4. The van der Waals surface area contributed by atoms with Gasteiger partial charge in [-0.05, 0) is 56.4 Å². The third-order valence-corrected chi connectivity index (χ3v) is 4.18. The Morgan fingerprint density at radius 3 is 2.60 bits per heavy atom. The van der Waals surface area contributed by atoms with Crippen molar-refractivity contribution in [1.29, 1.82) is 0 Å². The summed E-state index contributed by atoms with van der Waals surface area (Å²) >= 11 is 0. The summed E-state index contributed by atoms with van der Waals surface area (Å²) in [7, 11) is 0. The molecular weight excluding hydrogens is 315 g/mol. The molecule has 0 aliphatic carbocycles. The maximum absolute atomic E-state index is 13.1. The van der Waals surface area contributed by atoms with Gasteiger partial charge < -0.3 is 0 Å². The molecule has 4 nitrogen and oxygen atoms in total. The summed E-state index contributed by atoms with van der Waals surface area (Å²) in [5.74, 6) is 0.523. The number of unbranched alkanes of at least 4 members (excludes halogenated alkanes) is 3. The highest BCUT2D eigenvalue weighted by molar-refractivity contribution is 5.17. The first-order chi connectivity index (χ1) is 12.2. The Labute approximate surface area is 147 Å². The molecule has 0 amide bonds. The lowest BCUT2D eigenvalue weighted by atomic mass is 10.0. The van der Waals surface area contributed by atoms with E-state index in [0.29, 0.717) is 5.95 Å². The van der Waals surface area contributed by atoms with Gasteiger partial charge in [-0.2, -0.15) is 0 Å². The van der Waals surface area contributed by atoms with Crippen molar-refractivity contribution < 1.29 is 4.39 Å². The maximum Gasteiger partial charge on any atom is 0.235 e. The number of imidazole rings is 1. The van der Waals surface area contributed by atoms with E-state index in [-0.39, 0.29) is 5.82 Å². The number of rotatable bonds is 8. The van der Waals surface area contributed by atoms with E-state index in [1.807, 2.05) is 29.8 Å². The summed E-state index contributed by atoms with van der Waals surface area (Å²) < 4.78 is 15.0. The van der Waals surface area contributed by atoms with Crippen LogP contribution < -0.4 is 0 Å². The van der Waals surface area contributed by atoms with Gasteiger partial charge in [-0.15, -0.1) is 0 Å². The fraction of sp³-hybridized carbons (Fsp3) is 0.350. The Kier molecular flexibility index (Phi) is 5.88. The van der Waals surface area contributed by atoms with E-state index >= 15 is 0 Å². The van der Waals surface area contributed by atoms with Crippen molar-refractivity contribution >= 4 is 0 Å². The summed E-state index contributed by atoms with van der Waals surface area (Å²) in [4.78, 5) is 13.1. The van der Waals surface area contributed by atoms with Gasteiger partial charge in [0.05, 0.1) is 5.69 Å². The molecule has 0 aliphatic rings. The molecule has 1 aromatic carbocycles. The predicted octanol–water partition coefficient (Wildman–Crippen LogP) is 4.46. The zero-order valence-electron chi connectivity index (χ0n) is 14.5. The molecule has 0 saturated heterocycles. The van der Waals surface area contributed by atoms with Crippen LogP contribution in [-0.2, 0) is 12.8 Å². The Morgan fingerprint density at radius 1 is 1.00 bits per heavy atom. The Balaban J connectivity index is 1.40. The molecule has 130 valence electrons. The normalized spacial score (nSPS) is 11.0. The molecule has 0 fully saturated rings. The molecule has 25 heavy (non-hydrogen) atoms. The highest BCUT2D eigenvalue weighted by atomic mass is 19.1. The largest absolute Gasteiger partial charge is 0.274 e. The van der Waals surface area contributed by atoms with Gasteiger partial charge in [-0.3, -0.25) is 4.57 Å². The zero-order chi connectivity index (χ0) is 17.5. The van der Waals surface area contributed by atoms with Gasteiger partial charge in [-0.1, -0.05) is 25.0 Å². The predicted molar refractivity (Wildman–Crippen MR) is 96.2 cm³/mol. The number of benzene rings is 1. The van der Waals surface area contributed by atoms with Gasteiger partial charge in [0.25, 0.3) is 0 Å². The SMILES string of the molecule is Cc1cn(-c2nccc(CCCCCCc3cccc(F)c3)n2)cn1. The van der Waals surface area contributed by atoms with Crippen molar-refractivity contribution in [2.75, 3.05) is 0 Å². The second kappa shape index (κ2) is 8.51. The minimum atomic E-state index is -0.148. The molecule has 0 radical (unpaired) electrons. The lowest BCUT2D eigenvalue weighted by molar-refractivity contribution is 0.616. The maximum atomic E-state index is 13.1. The van der Waals surface area contributed by atoms with Crippen LogP contribution in [0.2, 0.25) is 0 Å². The van der Waals surface area contributed by atoms with Crippen molar-refractivity contribution in [3.05, 3.63) is 71.8 Å². The monoisotopic (exact) mass is 338 g/mol. The number of halogens is 1. The van der Waals surface area contributed by atoms with E-state index in [9.17, 15) is 4.39 Å². The summed E-state index contributed by atoms with van der Waals surface area (Å²) in [6, 6.07) is 8.85. The highest BCUT2D eigenvalue weighted by Crippen LogP contribution is 2.12. The summed E-state index contributed by atoms with van der Waals surface area (Å²) in [6.07, 6.45) is 11.8. The average molecular weight is 338 g/mol. The Bertz CT molecular complexity index is 813. The summed E-state index contributed by atoms with van der Waals surface area (Å²) in [6.45, 7) is 1.95. The van der Waals surface area contributed by atoms with Crippen LogP contribution in [0.15, 0.2) is 49.1 Å². The second-order valence-electron chi connectivity index (χ2n) is 6.31. The topological polar surface area (TPSA) is 43.6 Å². The van der Waals surface area contributed by atoms with E-state index in [1.54, 1.807) is 24.7 Å². The Hall–Kier alpha value is -2.56. The fourth-order valence-electron chi connectivity index (χ4n) is 2.86. The van der Waals surface area contributed by atoms with Crippen LogP contribution in [-0.4, -0.2) is 19.5 Å². The van der Waals surface area contributed by atoms with E-state index in [4.69, 9.17) is 0 Å². The molecule has 0 unspecified atom stereocenters. The average Bonchev–Trinajstić information content (AvgIpc) is 3.05. The fourth-order valence-corrected chi connectivity index (χ4v) is 2.86. The van der Waals surface area contributed by atoms with Crippen molar-refractivity contribution in [3.63, 3.8) is 0 Å². The lowest BCUT2D eigenvalue weighted by Crippen LogP contribution is -2.01. The number of aromatic nitrogens is 4. The van der Waals surface area contributed by atoms with Crippen LogP contribution in [0.3, 0.4) is 0 Å². The highest BCUT2D eigenvalue weighted by Gasteiger charge is 2.03. The first kappa shape index (κ1) is 17.3. The Morgan fingerprint density at radius 2 is 1.84 bits per heavy atom. The van der Waals surface area contributed by atoms with Crippen LogP contribution in [0.5, 0.6) is 0 Å². The smallest absolute Gasteiger partial charge is 0.235 e. The third kappa shape index (κ3) is 5.21. The van der Waals surface area contributed by atoms with Crippen LogP contribution in [0.1, 0.15) is 42.6 Å². The van der Waals surface area contributed by atoms with Crippen LogP contribution >= 0.6 is 0 Å². The van der Waals surface area contributed by atoms with Crippen LogP contribution in [0.25, 0.3) is 5.95 Å². The van der Waals surface area contributed by atoms with Crippen LogP contribution in [0.4, 0.5) is 4.39 Å². The van der Waals surface area contributed by atoms with Gasteiger partial charge in [0.2, 0.25) is 5.95 Å². The second-order valence-corrected chi connectivity index (χ2v) is 6.31. The number of nitrogens with zero attached hydrogens (tertiary/aromatic N) is 4. The molecule has 0 bridgehead atoms. The molecule has 5 heteroatoms. The van der Waals surface area contributed by atoms with Gasteiger partial charge in [0, 0.05) is 18.1 Å². The minimum Gasteiger partial charge on any atom is -0.274 e. The van der Waals surface area contributed by atoms with E-state index < -0.39 is 0 Å². The minimum absolute atomic E-state index is 0.148. The van der Waals surface area contributed by atoms with E-state index in [0.717, 1.165) is 55.5 Å². The first-order valence-electron chi connectivity index (χ1n) is 8.78. The lowest BCUT2D eigenvalue weighted by Gasteiger charge is -2.05. The molecule has 0 N–H and O–H groups in total. The summed E-state index contributed by atoms with van der Waals surface area (Å²) in [5, 5.41) is 0. The molecule has 0 saturated carbocycles.